The Morgan fingerprint density at radius 1 is 0.848 bits per heavy atom. The van der Waals surface area contributed by atoms with Crippen molar-refractivity contribution in [3.63, 3.8) is 0 Å². The molecule has 1 atom stereocenters. The van der Waals surface area contributed by atoms with Crippen molar-refractivity contribution in [3.8, 4) is 5.75 Å². The highest BCUT2D eigenvalue weighted by molar-refractivity contribution is 7.91. The summed E-state index contributed by atoms with van der Waals surface area (Å²) in [5.74, 6) is -7.40. The summed E-state index contributed by atoms with van der Waals surface area (Å²) < 4.78 is 116. The van der Waals surface area contributed by atoms with Crippen LogP contribution in [0.15, 0.2) is 36.4 Å². The maximum Gasteiger partial charge on any atom is 0.453 e. The maximum atomic E-state index is 14.2. The van der Waals surface area contributed by atoms with Gasteiger partial charge in [0.2, 0.25) is 0 Å². The molecule has 2 aromatic rings. The number of aromatic hydroxyl groups is 1. The smallest absolute Gasteiger partial charge is 0.453 e. The van der Waals surface area contributed by atoms with E-state index in [1.807, 2.05) is 6.07 Å². The van der Waals surface area contributed by atoms with Gasteiger partial charge in [-0.25, -0.2) is 17.2 Å². The van der Waals surface area contributed by atoms with Crippen LogP contribution in [0.5, 0.6) is 5.75 Å². The SMILES string of the molecule is O=S(=O)(CCCC(F)(F)C(F)(F)F)CC[C@H]1CCCN1CCCCCCC1=C(c2ccc(F)c(F)c2)CCCc2cc(O)ccc21. The van der Waals surface area contributed by atoms with Gasteiger partial charge in [0.1, 0.15) is 15.6 Å². The third-order valence-electron chi connectivity index (χ3n) is 9.16. The zero-order valence-corrected chi connectivity index (χ0v) is 26.6. The standard InChI is InChI=1S/C34H42F7NO3S/c35-31-15-12-25(23-32(31)36)28-11-5-8-24-22-27(43)13-14-29(24)30(28)10-3-1-2-4-18-42-19-6-9-26(42)16-21-46(44,45)20-7-17-33(37,38)34(39,40)41/h12-15,22-23,26,43H,1-11,16-21H2/t26-/m1/s1. The number of halogens is 7. The molecule has 1 saturated heterocycles. The van der Waals surface area contributed by atoms with Gasteiger partial charge in [-0.3, -0.25) is 0 Å². The number of sulfone groups is 1. The number of phenolic OH excluding ortho intramolecular Hbond substituents is 1. The van der Waals surface area contributed by atoms with Crippen molar-refractivity contribution < 1.29 is 44.3 Å². The number of alkyl halides is 5. The Morgan fingerprint density at radius 2 is 1.61 bits per heavy atom. The number of hydrogen-bond donors (Lipinski definition) is 1. The molecule has 46 heavy (non-hydrogen) atoms. The van der Waals surface area contributed by atoms with Gasteiger partial charge in [-0.1, -0.05) is 25.0 Å². The molecule has 0 amide bonds. The van der Waals surface area contributed by atoms with Crippen LogP contribution in [0.25, 0.3) is 11.1 Å². The number of rotatable bonds is 15. The fraction of sp³-hybridized carbons (Fsp3) is 0.588. The molecule has 2 aliphatic rings. The van der Waals surface area contributed by atoms with Gasteiger partial charge in [-0.2, -0.15) is 22.0 Å². The lowest BCUT2D eigenvalue weighted by atomic mass is 9.89. The normalized spacial score (nSPS) is 18.2. The van der Waals surface area contributed by atoms with Crippen LogP contribution in [0, 0.1) is 11.6 Å². The summed E-state index contributed by atoms with van der Waals surface area (Å²) in [7, 11) is -3.74. The van der Waals surface area contributed by atoms with Crippen molar-refractivity contribution in [1.29, 1.82) is 0 Å². The van der Waals surface area contributed by atoms with E-state index in [1.165, 1.54) is 6.07 Å². The zero-order chi connectivity index (χ0) is 33.5. The van der Waals surface area contributed by atoms with Gasteiger partial charge < -0.3 is 10.0 Å². The van der Waals surface area contributed by atoms with Crippen molar-refractivity contribution in [2.45, 2.75) is 102 Å². The minimum atomic E-state index is -5.68. The number of unbranched alkanes of at least 4 members (excludes halogenated alkanes) is 3. The predicted molar refractivity (Wildman–Crippen MR) is 165 cm³/mol. The number of nitrogens with zero attached hydrogens (tertiary/aromatic N) is 1. The number of benzene rings is 2. The molecule has 256 valence electrons. The molecule has 0 bridgehead atoms. The molecule has 1 aliphatic heterocycles. The average Bonchev–Trinajstić information content (AvgIpc) is 3.35. The number of phenols is 1. The molecular weight excluding hydrogens is 635 g/mol. The maximum absolute atomic E-state index is 14.2. The molecule has 1 heterocycles. The number of hydrogen-bond acceptors (Lipinski definition) is 4. The van der Waals surface area contributed by atoms with Crippen LogP contribution in [0.4, 0.5) is 30.7 Å². The summed E-state index contributed by atoms with van der Waals surface area (Å²) >= 11 is 0. The Labute approximate surface area is 266 Å². The van der Waals surface area contributed by atoms with Crippen LogP contribution in [-0.4, -0.2) is 61.2 Å². The Morgan fingerprint density at radius 3 is 2.35 bits per heavy atom. The third kappa shape index (κ3) is 9.71. The molecule has 0 radical (unpaired) electrons. The summed E-state index contributed by atoms with van der Waals surface area (Å²) in [4.78, 5) is 2.24. The highest BCUT2D eigenvalue weighted by Gasteiger charge is 2.56. The second-order valence-corrected chi connectivity index (χ2v) is 14.8. The monoisotopic (exact) mass is 677 g/mol. The molecule has 1 N–H and O–H groups in total. The van der Waals surface area contributed by atoms with Crippen molar-refractivity contribution in [2.24, 2.45) is 0 Å². The highest BCUT2D eigenvalue weighted by Crippen LogP contribution is 2.41. The van der Waals surface area contributed by atoms with Gasteiger partial charge in [-0.15, -0.1) is 0 Å². The van der Waals surface area contributed by atoms with Crippen LogP contribution < -0.4 is 0 Å². The van der Waals surface area contributed by atoms with E-state index < -0.39 is 52.2 Å². The van der Waals surface area contributed by atoms with Crippen molar-refractivity contribution in [2.75, 3.05) is 24.6 Å². The highest BCUT2D eigenvalue weighted by atomic mass is 32.2. The van der Waals surface area contributed by atoms with E-state index in [0.29, 0.717) is 18.4 Å². The molecule has 4 rings (SSSR count). The van der Waals surface area contributed by atoms with Gasteiger partial charge in [0.05, 0.1) is 11.5 Å². The molecular formula is C34H42F7NO3S. The first-order chi connectivity index (χ1) is 21.7. The van der Waals surface area contributed by atoms with Gasteiger partial charge in [0.25, 0.3) is 0 Å². The fourth-order valence-corrected chi connectivity index (χ4v) is 8.12. The van der Waals surface area contributed by atoms with Gasteiger partial charge in [0.15, 0.2) is 11.6 Å². The van der Waals surface area contributed by atoms with E-state index >= 15 is 0 Å². The van der Waals surface area contributed by atoms with Crippen LogP contribution >= 0.6 is 0 Å². The number of aryl methyl sites for hydroxylation is 1. The first-order valence-electron chi connectivity index (χ1n) is 16.1. The van der Waals surface area contributed by atoms with E-state index in [9.17, 15) is 44.3 Å². The lowest BCUT2D eigenvalue weighted by Gasteiger charge is -2.24. The number of likely N-dealkylation sites (tertiary alicyclic amines) is 1. The lowest BCUT2D eigenvalue weighted by Crippen LogP contribution is -2.36. The van der Waals surface area contributed by atoms with Gasteiger partial charge in [-0.05, 0) is 129 Å². The minimum absolute atomic E-state index is 0.0362. The molecule has 1 fully saturated rings. The fourth-order valence-electron chi connectivity index (χ4n) is 6.70. The number of allylic oxidation sites excluding steroid dienone is 2. The molecule has 2 aromatic carbocycles. The Hall–Kier alpha value is -2.60. The quantitative estimate of drug-likeness (QED) is 0.151. The molecule has 4 nitrogen and oxygen atoms in total. The Balaban J connectivity index is 1.27. The first-order valence-corrected chi connectivity index (χ1v) is 17.9. The third-order valence-corrected chi connectivity index (χ3v) is 10.9. The summed E-state index contributed by atoms with van der Waals surface area (Å²) in [5.41, 5.74) is 4.80. The van der Waals surface area contributed by atoms with E-state index in [0.717, 1.165) is 99.2 Å². The second kappa shape index (κ2) is 15.5. The van der Waals surface area contributed by atoms with E-state index in [4.69, 9.17) is 0 Å². The zero-order valence-electron chi connectivity index (χ0n) is 25.8. The summed E-state index contributed by atoms with van der Waals surface area (Å²) in [5, 5.41) is 10.1. The summed E-state index contributed by atoms with van der Waals surface area (Å²) in [6.07, 6.45) is 0.777. The largest absolute Gasteiger partial charge is 0.508 e. The molecule has 12 heteroatoms. The first kappa shape index (κ1) is 36.2. The van der Waals surface area contributed by atoms with Crippen LogP contribution in [0.2, 0.25) is 0 Å². The molecule has 1 aliphatic carbocycles. The van der Waals surface area contributed by atoms with E-state index in [-0.39, 0.29) is 17.5 Å². The minimum Gasteiger partial charge on any atom is -0.508 e. The van der Waals surface area contributed by atoms with Crippen molar-refractivity contribution >= 4 is 21.0 Å². The number of fused-ring (bicyclic) bond motifs is 1. The lowest BCUT2D eigenvalue weighted by molar-refractivity contribution is -0.284. The average molecular weight is 678 g/mol. The van der Waals surface area contributed by atoms with Crippen LogP contribution in [0.1, 0.15) is 93.7 Å². The second-order valence-electron chi connectivity index (χ2n) is 12.5. The van der Waals surface area contributed by atoms with Crippen LogP contribution in [0.3, 0.4) is 0 Å². The molecule has 0 spiro atoms. The van der Waals surface area contributed by atoms with Gasteiger partial charge in [0, 0.05) is 12.5 Å². The topological polar surface area (TPSA) is 57.6 Å². The van der Waals surface area contributed by atoms with Crippen molar-refractivity contribution in [3.05, 3.63) is 64.7 Å². The Kier molecular flexibility index (Phi) is 12.2. The summed E-state index contributed by atoms with van der Waals surface area (Å²) in [6, 6.07) is 9.37. The predicted octanol–water partition coefficient (Wildman–Crippen LogP) is 9.12. The van der Waals surface area contributed by atoms with Crippen LogP contribution in [-0.2, 0) is 16.3 Å². The van der Waals surface area contributed by atoms with E-state index in [1.54, 1.807) is 18.2 Å². The van der Waals surface area contributed by atoms with Crippen molar-refractivity contribution in [1.82, 2.24) is 4.90 Å². The summed E-state index contributed by atoms with van der Waals surface area (Å²) in [6.45, 7) is 1.62. The van der Waals surface area contributed by atoms with E-state index in [2.05, 4.69) is 4.90 Å². The molecule has 0 saturated carbocycles. The molecule has 0 unspecified atom stereocenters. The van der Waals surface area contributed by atoms with Gasteiger partial charge >= 0.3 is 12.1 Å². The Bertz CT molecular complexity index is 1470. The molecule has 0 aromatic heterocycles.